The van der Waals surface area contributed by atoms with Crippen molar-refractivity contribution in [3.63, 3.8) is 0 Å². The highest BCUT2D eigenvalue weighted by Gasteiger charge is 2.05. The van der Waals surface area contributed by atoms with Gasteiger partial charge in [0.25, 0.3) is 0 Å². The number of nitrogens with one attached hydrogen (secondary N) is 1. The van der Waals surface area contributed by atoms with Crippen LogP contribution in [0.5, 0.6) is 0 Å². The minimum atomic E-state index is 0.148. The van der Waals surface area contributed by atoms with Gasteiger partial charge in [-0.25, -0.2) is 9.97 Å². The standard InChI is InChI=1S/C6H7N7/c7-6-12-3(1-11-8)4-5(13-6)10-2-9-4/h1-2H,8H2,(H3,7,9,10,12,13)/b11-1+. The second-order valence-electron chi connectivity index (χ2n) is 2.35. The Morgan fingerprint density at radius 1 is 1.46 bits per heavy atom. The van der Waals surface area contributed by atoms with Gasteiger partial charge in [0.15, 0.2) is 5.65 Å². The number of hydrazone groups is 1. The third kappa shape index (κ3) is 1.15. The van der Waals surface area contributed by atoms with Crippen LogP contribution in [0.3, 0.4) is 0 Å². The van der Waals surface area contributed by atoms with E-state index in [2.05, 4.69) is 25.0 Å². The molecule has 0 spiro atoms. The van der Waals surface area contributed by atoms with Crippen LogP contribution in [-0.4, -0.2) is 26.2 Å². The summed E-state index contributed by atoms with van der Waals surface area (Å²) in [7, 11) is 0. The highest BCUT2D eigenvalue weighted by atomic mass is 15.1. The van der Waals surface area contributed by atoms with Crippen molar-refractivity contribution in [1.82, 2.24) is 19.9 Å². The molecule has 13 heavy (non-hydrogen) atoms. The Hall–Kier alpha value is -2.18. The minimum absolute atomic E-state index is 0.148. The molecule has 2 aromatic rings. The van der Waals surface area contributed by atoms with E-state index in [1.165, 1.54) is 12.5 Å². The van der Waals surface area contributed by atoms with Crippen LogP contribution in [-0.2, 0) is 0 Å². The predicted octanol–water partition coefficient (Wildman–Crippen LogP) is -0.772. The van der Waals surface area contributed by atoms with Gasteiger partial charge in [0.05, 0.1) is 12.5 Å². The molecule has 0 aliphatic heterocycles. The normalized spacial score (nSPS) is 11.4. The molecule has 5 N–H and O–H groups in total. The van der Waals surface area contributed by atoms with E-state index in [0.29, 0.717) is 16.9 Å². The summed E-state index contributed by atoms with van der Waals surface area (Å²) < 4.78 is 0. The summed E-state index contributed by atoms with van der Waals surface area (Å²) in [6.07, 6.45) is 2.89. The zero-order valence-electron chi connectivity index (χ0n) is 6.60. The summed E-state index contributed by atoms with van der Waals surface area (Å²) in [6, 6.07) is 0. The number of H-pyrrole nitrogens is 1. The summed E-state index contributed by atoms with van der Waals surface area (Å²) in [4.78, 5) is 14.6. The predicted molar refractivity (Wildman–Crippen MR) is 47.9 cm³/mol. The Balaban J connectivity index is 2.77. The van der Waals surface area contributed by atoms with Crippen molar-refractivity contribution in [3.8, 4) is 0 Å². The molecule has 0 amide bonds. The van der Waals surface area contributed by atoms with E-state index in [0.717, 1.165) is 0 Å². The van der Waals surface area contributed by atoms with Gasteiger partial charge in [0, 0.05) is 0 Å². The van der Waals surface area contributed by atoms with E-state index in [9.17, 15) is 0 Å². The maximum Gasteiger partial charge on any atom is 0.222 e. The topological polar surface area (TPSA) is 119 Å². The lowest BCUT2D eigenvalue weighted by atomic mass is 10.4. The number of fused-ring (bicyclic) bond motifs is 1. The molecule has 2 aromatic heterocycles. The Morgan fingerprint density at radius 2 is 2.31 bits per heavy atom. The molecule has 2 rings (SSSR count). The average molecular weight is 177 g/mol. The lowest BCUT2D eigenvalue weighted by Crippen LogP contribution is -2.00. The largest absolute Gasteiger partial charge is 0.368 e. The van der Waals surface area contributed by atoms with Crippen molar-refractivity contribution in [2.45, 2.75) is 0 Å². The Bertz CT molecular complexity index is 457. The first-order valence-electron chi connectivity index (χ1n) is 3.51. The van der Waals surface area contributed by atoms with E-state index in [1.807, 2.05) is 0 Å². The Morgan fingerprint density at radius 3 is 3.08 bits per heavy atom. The van der Waals surface area contributed by atoms with E-state index < -0.39 is 0 Å². The number of nitrogens with two attached hydrogens (primary N) is 2. The number of aromatic amines is 1. The molecule has 7 heteroatoms. The molecule has 0 aliphatic carbocycles. The van der Waals surface area contributed by atoms with E-state index in [-0.39, 0.29) is 5.95 Å². The molecule has 0 saturated heterocycles. The quantitative estimate of drug-likeness (QED) is 0.300. The van der Waals surface area contributed by atoms with E-state index in [4.69, 9.17) is 11.6 Å². The average Bonchev–Trinajstić information content (AvgIpc) is 2.52. The number of nitrogens with zero attached hydrogens (tertiary/aromatic N) is 4. The number of nitrogen functional groups attached to an aromatic ring is 1. The first kappa shape index (κ1) is 7.47. The molecule has 0 bridgehead atoms. The summed E-state index contributed by atoms with van der Waals surface area (Å²) in [5.41, 5.74) is 7.14. The van der Waals surface area contributed by atoms with Crippen LogP contribution in [0.1, 0.15) is 5.69 Å². The summed E-state index contributed by atoms with van der Waals surface area (Å²) in [5.74, 6) is 5.15. The van der Waals surface area contributed by atoms with Crippen LogP contribution in [0.2, 0.25) is 0 Å². The van der Waals surface area contributed by atoms with E-state index >= 15 is 0 Å². The molecule has 66 valence electrons. The lowest BCUT2D eigenvalue weighted by molar-refractivity contribution is 1.19. The third-order valence-electron chi connectivity index (χ3n) is 1.53. The number of hydrogen-bond donors (Lipinski definition) is 3. The highest BCUT2D eigenvalue weighted by molar-refractivity contribution is 5.92. The van der Waals surface area contributed by atoms with E-state index in [1.54, 1.807) is 0 Å². The molecule has 7 nitrogen and oxygen atoms in total. The summed E-state index contributed by atoms with van der Waals surface area (Å²) in [6.45, 7) is 0. The first-order valence-corrected chi connectivity index (χ1v) is 3.51. The molecule has 0 fully saturated rings. The molecule has 0 saturated carbocycles. The van der Waals surface area contributed by atoms with Gasteiger partial charge in [0.2, 0.25) is 5.95 Å². The van der Waals surface area contributed by atoms with Crippen LogP contribution in [0.25, 0.3) is 11.2 Å². The Kier molecular flexibility index (Phi) is 1.55. The maximum atomic E-state index is 5.44. The van der Waals surface area contributed by atoms with Gasteiger partial charge in [-0.05, 0) is 0 Å². The van der Waals surface area contributed by atoms with Crippen LogP contribution in [0, 0.1) is 0 Å². The summed E-state index contributed by atoms with van der Waals surface area (Å²) >= 11 is 0. The maximum absolute atomic E-state index is 5.44. The van der Waals surface area contributed by atoms with Crippen LogP contribution >= 0.6 is 0 Å². The van der Waals surface area contributed by atoms with Crippen molar-refractivity contribution < 1.29 is 0 Å². The van der Waals surface area contributed by atoms with Crippen molar-refractivity contribution in [1.29, 1.82) is 0 Å². The molecular formula is C6H7N7. The van der Waals surface area contributed by atoms with Gasteiger partial charge in [0.1, 0.15) is 11.2 Å². The van der Waals surface area contributed by atoms with Crippen molar-refractivity contribution in [2.24, 2.45) is 10.9 Å². The van der Waals surface area contributed by atoms with Gasteiger partial charge in [-0.1, -0.05) is 0 Å². The zero-order valence-corrected chi connectivity index (χ0v) is 6.60. The fraction of sp³-hybridized carbons (Fsp3) is 0. The number of hydrogen-bond acceptors (Lipinski definition) is 6. The summed E-state index contributed by atoms with van der Waals surface area (Å²) in [5, 5.41) is 3.36. The number of imidazole rings is 1. The lowest BCUT2D eigenvalue weighted by Gasteiger charge is -1.95. The van der Waals surface area contributed by atoms with Crippen molar-refractivity contribution >= 4 is 23.3 Å². The van der Waals surface area contributed by atoms with Gasteiger partial charge < -0.3 is 16.6 Å². The second kappa shape index (κ2) is 2.70. The fourth-order valence-electron chi connectivity index (χ4n) is 1.04. The fourth-order valence-corrected chi connectivity index (χ4v) is 1.04. The van der Waals surface area contributed by atoms with Crippen LogP contribution in [0.15, 0.2) is 11.4 Å². The molecule has 2 heterocycles. The molecule has 0 radical (unpaired) electrons. The van der Waals surface area contributed by atoms with Gasteiger partial charge >= 0.3 is 0 Å². The van der Waals surface area contributed by atoms with Gasteiger partial charge in [-0.2, -0.15) is 10.1 Å². The van der Waals surface area contributed by atoms with Crippen LogP contribution in [0.4, 0.5) is 5.95 Å². The molecule has 0 atom stereocenters. The molecule has 0 aliphatic rings. The minimum Gasteiger partial charge on any atom is -0.368 e. The number of anilines is 1. The highest BCUT2D eigenvalue weighted by Crippen LogP contribution is 2.09. The van der Waals surface area contributed by atoms with Crippen molar-refractivity contribution in [2.75, 3.05) is 5.73 Å². The smallest absolute Gasteiger partial charge is 0.222 e. The second-order valence-corrected chi connectivity index (χ2v) is 2.35. The zero-order chi connectivity index (χ0) is 9.26. The van der Waals surface area contributed by atoms with Crippen LogP contribution < -0.4 is 11.6 Å². The Labute approximate surface area is 72.9 Å². The number of rotatable bonds is 1. The third-order valence-corrected chi connectivity index (χ3v) is 1.53. The van der Waals surface area contributed by atoms with Gasteiger partial charge in [-0.3, -0.25) is 0 Å². The monoisotopic (exact) mass is 177 g/mol. The number of aromatic nitrogens is 4. The molecule has 0 unspecified atom stereocenters. The SMILES string of the molecule is N/N=C/c1nc(N)nc2nc[nH]c12. The molecular weight excluding hydrogens is 170 g/mol. The van der Waals surface area contributed by atoms with Gasteiger partial charge in [-0.15, -0.1) is 0 Å². The first-order chi connectivity index (χ1) is 6.31. The van der Waals surface area contributed by atoms with Crippen molar-refractivity contribution in [3.05, 3.63) is 12.0 Å². The molecule has 0 aromatic carbocycles.